The van der Waals surface area contributed by atoms with Crippen LogP contribution in [0.2, 0.25) is 0 Å². The third-order valence-corrected chi connectivity index (χ3v) is 15.1. The van der Waals surface area contributed by atoms with Crippen molar-refractivity contribution in [1.82, 2.24) is 0 Å². The second-order valence-corrected chi connectivity index (χ2v) is 18.7. The molecule has 14 rings (SSSR count). The van der Waals surface area contributed by atoms with Crippen molar-refractivity contribution in [2.75, 3.05) is 0 Å². The van der Waals surface area contributed by atoms with Gasteiger partial charge in [0.15, 0.2) is 0 Å². The minimum Gasteiger partial charge on any atom is -0.0955 e. The average molecular weight is 849 g/mol. The van der Waals surface area contributed by atoms with Crippen LogP contribution in [0, 0.1) is 0 Å². The molecule has 312 valence electrons. The molecule has 13 aromatic rings. The molecule has 0 heterocycles. The summed E-state index contributed by atoms with van der Waals surface area (Å²) in [7, 11) is 0. The average Bonchev–Trinajstić information content (AvgIpc) is 3.99. The lowest BCUT2D eigenvalue weighted by atomic mass is 9.83. The van der Waals surface area contributed by atoms with Gasteiger partial charge in [-0.1, -0.05) is 195 Å². The Balaban J connectivity index is 1.19. The topological polar surface area (TPSA) is 0 Å². The molecule has 0 nitrogen and oxygen atoms in total. The number of hydrogen-bond donors (Lipinski definition) is 0. The lowest BCUT2D eigenvalue weighted by molar-refractivity contribution is 1.60. The van der Waals surface area contributed by atoms with Gasteiger partial charge >= 0.3 is 0 Å². The molecule has 0 aliphatic heterocycles. The number of fused-ring (bicyclic) bond motifs is 11. The molecule has 0 saturated heterocycles. The van der Waals surface area contributed by atoms with Gasteiger partial charge in [-0.2, -0.15) is 0 Å². The molecule has 0 N–H and O–H groups in total. The van der Waals surface area contributed by atoms with Crippen LogP contribution in [0.5, 0.6) is 0 Å². The monoisotopic (exact) mass is 848 g/mol. The van der Waals surface area contributed by atoms with Crippen LogP contribution >= 0.6 is 0 Å². The summed E-state index contributed by atoms with van der Waals surface area (Å²) in [5.74, 6) is 0. The van der Waals surface area contributed by atoms with Crippen LogP contribution in [-0.2, 0) is 0 Å². The highest BCUT2D eigenvalue weighted by atomic mass is 14.4. The fourth-order valence-corrected chi connectivity index (χ4v) is 12.5. The van der Waals surface area contributed by atoms with Crippen LogP contribution in [0.25, 0.3) is 153 Å². The third-order valence-electron chi connectivity index (χ3n) is 15.1. The molecule has 0 heteroatoms. The zero-order valence-corrected chi connectivity index (χ0v) is 37.8. The quantitative estimate of drug-likeness (QED) is 0.146. The Bertz CT molecular complexity index is 4320. The van der Waals surface area contributed by atoms with E-state index in [9.17, 15) is 0 Å². The molecule has 0 aromatic heterocycles. The Labute approximate surface area is 389 Å². The van der Waals surface area contributed by atoms with Crippen molar-refractivity contribution < 1.29 is 0 Å². The van der Waals surface area contributed by atoms with E-state index >= 15 is 0 Å². The van der Waals surface area contributed by atoms with Crippen molar-refractivity contribution in [2.45, 2.75) is 20.8 Å². The molecule has 1 aliphatic carbocycles. The zero-order valence-electron chi connectivity index (χ0n) is 37.8. The van der Waals surface area contributed by atoms with E-state index < -0.39 is 0 Å². The molecule has 0 bridgehead atoms. The Hall–Kier alpha value is -8.32. The third kappa shape index (κ3) is 5.08. The summed E-state index contributed by atoms with van der Waals surface area (Å²) in [6.07, 6.45) is 6.65. The van der Waals surface area contributed by atoms with Gasteiger partial charge in [-0.05, 0) is 197 Å². The molecule has 0 saturated carbocycles. The SMILES string of the molecule is C=C(C)c1c2c(c(-c3ccccc3)c3ccccc13)-c1ccc3c4cc5c(-c6ccccc6-c6ccccc6)c6c7cccc8cccc(c6c(C(C)=CC=CC)c5cc4c4ccc-2c1c43)c87. The Kier molecular flexibility index (Phi) is 7.99. The van der Waals surface area contributed by atoms with E-state index in [4.69, 9.17) is 0 Å². The Morgan fingerprint density at radius 2 is 0.940 bits per heavy atom. The van der Waals surface area contributed by atoms with Gasteiger partial charge < -0.3 is 0 Å². The van der Waals surface area contributed by atoms with E-state index in [1.807, 2.05) is 0 Å². The maximum absolute atomic E-state index is 4.64. The summed E-state index contributed by atoms with van der Waals surface area (Å²) in [5, 5.41) is 20.9. The van der Waals surface area contributed by atoms with Gasteiger partial charge in [0.25, 0.3) is 0 Å². The maximum Gasteiger partial charge on any atom is -0.000731 e. The molecular weight excluding hydrogens is 805 g/mol. The van der Waals surface area contributed by atoms with Crippen LogP contribution in [0.15, 0.2) is 207 Å². The van der Waals surface area contributed by atoms with Crippen LogP contribution in [0.1, 0.15) is 31.9 Å². The molecule has 13 aromatic carbocycles. The summed E-state index contributed by atoms with van der Waals surface area (Å²) in [6.45, 7) is 11.2. The van der Waals surface area contributed by atoms with E-state index in [1.54, 1.807) is 0 Å². The van der Waals surface area contributed by atoms with Crippen molar-refractivity contribution in [3.63, 3.8) is 0 Å². The van der Waals surface area contributed by atoms with E-state index in [2.05, 4.69) is 228 Å². The van der Waals surface area contributed by atoms with Crippen molar-refractivity contribution in [1.29, 1.82) is 0 Å². The summed E-state index contributed by atoms with van der Waals surface area (Å²) in [6, 6.07) is 68.6. The first-order valence-corrected chi connectivity index (χ1v) is 23.6. The minimum atomic E-state index is 1.09. The van der Waals surface area contributed by atoms with E-state index in [1.165, 1.54) is 159 Å². The fourth-order valence-electron chi connectivity index (χ4n) is 12.5. The number of allylic oxidation sites excluding steroid dienone is 5. The van der Waals surface area contributed by atoms with Crippen molar-refractivity contribution >= 4 is 97.3 Å². The van der Waals surface area contributed by atoms with Gasteiger partial charge in [-0.3, -0.25) is 0 Å². The lowest BCUT2D eigenvalue weighted by Gasteiger charge is -2.20. The highest BCUT2D eigenvalue weighted by Crippen LogP contribution is 2.60. The van der Waals surface area contributed by atoms with E-state index in [0.717, 1.165) is 5.57 Å². The standard InChI is InChI=1S/C67H44/c1-5-6-19-39(4)58-55-36-53-47-32-34-51-63-52(66-60(42-22-11-8-12-23-42)46-29-16-15-28-45(46)57(38(2)3)64(51)66)35-33-48(61(47)63)54(53)37-56(55)62(44-27-14-13-26-43(44)40-20-9-7-10-21-40)67-50-31-18-25-41-24-17-30-49(59(41)50)65(58)67/h5-37H,2H2,1,3-4H3. The van der Waals surface area contributed by atoms with Gasteiger partial charge in [-0.15, -0.1) is 0 Å². The number of hydrogen-bond acceptors (Lipinski definition) is 0. The largest absolute Gasteiger partial charge is 0.0955 e. The minimum absolute atomic E-state index is 1.09. The maximum atomic E-state index is 4.64. The molecule has 0 amide bonds. The van der Waals surface area contributed by atoms with Crippen molar-refractivity contribution in [2.24, 2.45) is 0 Å². The molecule has 0 fully saturated rings. The normalized spacial score (nSPS) is 12.8. The van der Waals surface area contributed by atoms with Crippen LogP contribution < -0.4 is 0 Å². The highest BCUT2D eigenvalue weighted by molar-refractivity contribution is 6.42. The van der Waals surface area contributed by atoms with Gasteiger partial charge in [0.1, 0.15) is 0 Å². The van der Waals surface area contributed by atoms with Gasteiger partial charge in [0.05, 0.1) is 0 Å². The lowest BCUT2D eigenvalue weighted by Crippen LogP contribution is -1.94. The molecule has 0 spiro atoms. The highest BCUT2D eigenvalue weighted by Gasteiger charge is 2.33. The zero-order chi connectivity index (χ0) is 44.7. The van der Waals surface area contributed by atoms with Gasteiger partial charge in [-0.25, -0.2) is 0 Å². The molecule has 0 atom stereocenters. The van der Waals surface area contributed by atoms with Crippen LogP contribution in [0.4, 0.5) is 0 Å². The first-order valence-electron chi connectivity index (χ1n) is 23.6. The molecule has 67 heavy (non-hydrogen) atoms. The van der Waals surface area contributed by atoms with E-state index in [0.29, 0.717) is 0 Å². The number of rotatable bonds is 6. The Morgan fingerprint density at radius 1 is 0.358 bits per heavy atom. The van der Waals surface area contributed by atoms with Crippen LogP contribution in [0.3, 0.4) is 0 Å². The van der Waals surface area contributed by atoms with Crippen molar-refractivity contribution in [3.05, 3.63) is 218 Å². The van der Waals surface area contributed by atoms with Crippen molar-refractivity contribution in [3.8, 4) is 55.6 Å². The molecule has 1 aliphatic rings. The summed E-state index contributed by atoms with van der Waals surface area (Å²) in [4.78, 5) is 0. The summed E-state index contributed by atoms with van der Waals surface area (Å²) >= 11 is 0. The van der Waals surface area contributed by atoms with Gasteiger partial charge in [0, 0.05) is 0 Å². The predicted molar refractivity (Wildman–Crippen MR) is 293 cm³/mol. The fraction of sp³-hybridized carbons (Fsp3) is 0.0448. The molecular formula is C67H44. The smallest absolute Gasteiger partial charge is 0.000731 e. The van der Waals surface area contributed by atoms with Crippen LogP contribution in [-0.4, -0.2) is 0 Å². The predicted octanol–water partition coefficient (Wildman–Crippen LogP) is 19.4. The summed E-state index contributed by atoms with van der Waals surface area (Å²) in [5.41, 5.74) is 17.7. The first kappa shape index (κ1) is 38.0. The van der Waals surface area contributed by atoms with Gasteiger partial charge in [0.2, 0.25) is 0 Å². The first-order chi connectivity index (χ1) is 33.0. The number of benzene rings is 11. The van der Waals surface area contributed by atoms with E-state index in [-0.39, 0.29) is 0 Å². The molecule has 0 radical (unpaired) electrons. The second kappa shape index (κ2) is 14.1. The molecule has 0 unspecified atom stereocenters. The Morgan fingerprint density at radius 3 is 1.63 bits per heavy atom. The second-order valence-electron chi connectivity index (χ2n) is 18.7. The summed E-state index contributed by atoms with van der Waals surface area (Å²) < 4.78 is 0.